The van der Waals surface area contributed by atoms with Crippen LogP contribution in [0.1, 0.15) is 6.42 Å². The third kappa shape index (κ3) is 2.59. The van der Waals surface area contributed by atoms with Gasteiger partial charge in [0.15, 0.2) is 0 Å². The van der Waals surface area contributed by atoms with Crippen molar-refractivity contribution in [2.24, 2.45) is 4.99 Å². The van der Waals surface area contributed by atoms with Gasteiger partial charge in [-0.1, -0.05) is 24.3 Å². The number of para-hydroxylation sites is 1. The van der Waals surface area contributed by atoms with E-state index in [2.05, 4.69) is 16.9 Å². The first-order chi connectivity index (χ1) is 7.38. The van der Waals surface area contributed by atoms with Gasteiger partial charge in [-0.05, 0) is 18.6 Å². The highest BCUT2D eigenvalue weighted by molar-refractivity contribution is 5.89. The number of rotatable bonds is 3. The molecule has 1 aliphatic rings. The lowest BCUT2D eigenvalue weighted by molar-refractivity contribution is 0.316. The molecule has 1 aliphatic heterocycles. The predicted molar refractivity (Wildman–Crippen MR) is 62.1 cm³/mol. The molecular weight excluding hydrogens is 188 g/mol. The summed E-state index contributed by atoms with van der Waals surface area (Å²) in [5.41, 5.74) is 0.996. The Bertz CT molecular complexity index is 359. The second kappa shape index (κ2) is 4.64. The van der Waals surface area contributed by atoms with E-state index < -0.39 is 0 Å². The number of aliphatic imine (C=N–C) groups is 1. The molecule has 1 unspecified atom stereocenters. The summed E-state index contributed by atoms with van der Waals surface area (Å²) < 4.78 is 5.41. The lowest BCUT2D eigenvalue weighted by Crippen LogP contribution is -2.11. The molecule has 2 rings (SSSR count). The summed E-state index contributed by atoms with van der Waals surface area (Å²) in [5, 5.41) is 3.12. The van der Waals surface area contributed by atoms with Crippen LogP contribution in [0.25, 0.3) is 0 Å². The smallest absolute Gasteiger partial charge is 0.289 e. The van der Waals surface area contributed by atoms with Gasteiger partial charge in [-0.15, -0.1) is 6.58 Å². The minimum atomic E-state index is 0.216. The number of nitrogens with zero attached hydrogens (tertiary/aromatic N) is 1. The second-order valence-electron chi connectivity index (χ2n) is 3.41. The van der Waals surface area contributed by atoms with E-state index in [1.807, 2.05) is 36.4 Å². The van der Waals surface area contributed by atoms with Crippen LogP contribution in [0, 0.1) is 0 Å². The fourth-order valence-corrected chi connectivity index (χ4v) is 1.44. The van der Waals surface area contributed by atoms with Gasteiger partial charge < -0.3 is 10.1 Å². The third-order valence-corrected chi connectivity index (χ3v) is 2.18. The Morgan fingerprint density at radius 2 is 2.27 bits per heavy atom. The van der Waals surface area contributed by atoms with Crippen molar-refractivity contribution in [2.75, 3.05) is 11.9 Å². The van der Waals surface area contributed by atoms with E-state index in [0.717, 1.165) is 12.1 Å². The quantitative estimate of drug-likeness (QED) is 0.764. The zero-order valence-corrected chi connectivity index (χ0v) is 8.52. The Morgan fingerprint density at radius 3 is 3.00 bits per heavy atom. The Morgan fingerprint density at radius 1 is 1.47 bits per heavy atom. The number of amidine groups is 1. The lowest BCUT2D eigenvalue weighted by Gasteiger charge is -2.03. The molecule has 1 N–H and O–H groups in total. The van der Waals surface area contributed by atoms with Crippen molar-refractivity contribution in [1.82, 2.24) is 0 Å². The Balaban J connectivity index is 1.96. The van der Waals surface area contributed by atoms with Crippen LogP contribution in [0.5, 0.6) is 0 Å². The molecule has 15 heavy (non-hydrogen) atoms. The van der Waals surface area contributed by atoms with Gasteiger partial charge in [0.2, 0.25) is 0 Å². The van der Waals surface area contributed by atoms with Gasteiger partial charge in [-0.2, -0.15) is 0 Å². The molecule has 0 saturated carbocycles. The molecule has 0 fully saturated rings. The summed E-state index contributed by atoms with van der Waals surface area (Å²) in [6.45, 7) is 4.33. The molecule has 0 amide bonds. The molecule has 0 aliphatic carbocycles. The average Bonchev–Trinajstić information content (AvgIpc) is 2.68. The maximum atomic E-state index is 5.41. The number of anilines is 1. The highest BCUT2D eigenvalue weighted by atomic mass is 16.5. The van der Waals surface area contributed by atoms with Crippen molar-refractivity contribution in [3.05, 3.63) is 43.0 Å². The molecule has 1 aromatic rings. The summed E-state index contributed by atoms with van der Waals surface area (Å²) in [6.07, 6.45) is 2.73. The van der Waals surface area contributed by atoms with Crippen molar-refractivity contribution in [2.45, 2.75) is 12.5 Å². The van der Waals surface area contributed by atoms with E-state index >= 15 is 0 Å². The maximum absolute atomic E-state index is 5.41. The largest absolute Gasteiger partial charge is 0.463 e. The molecule has 1 heterocycles. The van der Waals surface area contributed by atoms with Crippen LogP contribution < -0.4 is 5.32 Å². The lowest BCUT2D eigenvalue weighted by atomic mass is 10.2. The molecule has 78 valence electrons. The van der Waals surface area contributed by atoms with Gasteiger partial charge in [-0.3, -0.25) is 0 Å². The van der Waals surface area contributed by atoms with Crippen molar-refractivity contribution in [3.63, 3.8) is 0 Å². The first-order valence-corrected chi connectivity index (χ1v) is 5.02. The summed E-state index contributed by atoms with van der Waals surface area (Å²) in [6, 6.07) is 10.7. The molecule has 0 spiro atoms. The zero-order valence-electron chi connectivity index (χ0n) is 8.52. The third-order valence-electron chi connectivity index (χ3n) is 2.18. The topological polar surface area (TPSA) is 33.6 Å². The van der Waals surface area contributed by atoms with Gasteiger partial charge in [-0.25, -0.2) is 4.99 Å². The SMILES string of the molecule is C=CCC1COC(Nc2ccccc2)=N1. The number of hydrogen-bond donors (Lipinski definition) is 1. The first kappa shape index (κ1) is 9.77. The van der Waals surface area contributed by atoms with E-state index in [4.69, 9.17) is 4.74 Å². The van der Waals surface area contributed by atoms with Crippen molar-refractivity contribution in [1.29, 1.82) is 0 Å². The van der Waals surface area contributed by atoms with Crippen LogP contribution in [0.15, 0.2) is 48.0 Å². The van der Waals surface area contributed by atoms with Crippen LogP contribution in [0.3, 0.4) is 0 Å². The minimum absolute atomic E-state index is 0.216. The number of benzene rings is 1. The van der Waals surface area contributed by atoms with Crippen LogP contribution in [-0.2, 0) is 4.74 Å². The van der Waals surface area contributed by atoms with Crippen LogP contribution in [0.4, 0.5) is 5.69 Å². The summed E-state index contributed by atoms with van der Waals surface area (Å²) >= 11 is 0. The van der Waals surface area contributed by atoms with Crippen molar-refractivity contribution in [3.8, 4) is 0 Å². The van der Waals surface area contributed by atoms with E-state index in [1.165, 1.54) is 0 Å². The molecule has 3 heteroatoms. The average molecular weight is 202 g/mol. The molecule has 0 radical (unpaired) electrons. The number of nitrogens with one attached hydrogen (secondary N) is 1. The van der Waals surface area contributed by atoms with Crippen molar-refractivity contribution < 1.29 is 4.74 Å². The maximum Gasteiger partial charge on any atom is 0.289 e. The highest BCUT2D eigenvalue weighted by Crippen LogP contribution is 2.12. The molecule has 0 aromatic heterocycles. The van der Waals surface area contributed by atoms with Crippen LogP contribution in [-0.4, -0.2) is 18.7 Å². The standard InChI is InChI=1S/C12H14N2O/c1-2-6-11-9-15-12(14-11)13-10-7-4-3-5-8-10/h2-5,7-8,11H,1,6,9H2,(H,13,14). The Kier molecular flexibility index (Phi) is 3.02. The monoisotopic (exact) mass is 202 g/mol. The second-order valence-corrected chi connectivity index (χ2v) is 3.41. The van der Waals surface area contributed by atoms with E-state index in [-0.39, 0.29) is 6.04 Å². The van der Waals surface area contributed by atoms with Crippen LogP contribution >= 0.6 is 0 Å². The van der Waals surface area contributed by atoms with Gasteiger partial charge in [0.25, 0.3) is 6.02 Å². The molecule has 0 saturated heterocycles. The fourth-order valence-electron chi connectivity index (χ4n) is 1.44. The summed E-state index contributed by atoms with van der Waals surface area (Å²) in [4.78, 5) is 4.39. The molecule has 1 atom stereocenters. The fraction of sp³-hybridized carbons (Fsp3) is 0.250. The molecule has 3 nitrogen and oxygen atoms in total. The summed E-state index contributed by atoms with van der Waals surface area (Å²) in [7, 11) is 0. The zero-order chi connectivity index (χ0) is 10.5. The highest BCUT2D eigenvalue weighted by Gasteiger charge is 2.17. The summed E-state index contributed by atoms with van der Waals surface area (Å²) in [5.74, 6) is 0. The Hall–Kier alpha value is -1.77. The number of hydrogen-bond acceptors (Lipinski definition) is 3. The van der Waals surface area contributed by atoms with E-state index in [1.54, 1.807) is 0 Å². The van der Waals surface area contributed by atoms with Crippen LogP contribution in [0.2, 0.25) is 0 Å². The van der Waals surface area contributed by atoms with Gasteiger partial charge in [0.1, 0.15) is 6.61 Å². The number of ether oxygens (including phenoxy) is 1. The van der Waals surface area contributed by atoms with Gasteiger partial charge in [0.05, 0.1) is 6.04 Å². The van der Waals surface area contributed by atoms with Gasteiger partial charge >= 0.3 is 0 Å². The normalized spacial score (nSPS) is 19.2. The molecule has 0 bridgehead atoms. The van der Waals surface area contributed by atoms with E-state index in [9.17, 15) is 0 Å². The predicted octanol–water partition coefficient (Wildman–Crippen LogP) is 2.43. The van der Waals surface area contributed by atoms with Gasteiger partial charge in [0, 0.05) is 5.69 Å². The minimum Gasteiger partial charge on any atom is -0.463 e. The molecular formula is C12H14N2O. The first-order valence-electron chi connectivity index (χ1n) is 5.02. The van der Waals surface area contributed by atoms with E-state index in [0.29, 0.717) is 12.6 Å². The van der Waals surface area contributed by atoms with Crippen molar-refractivity contribution >= 4 is 11.7 Å². The molecule has 1 aromatic carbocycles. The Labute approximate surface area is 89.5 Å².